The lowest BCUT2D eigenvalue weighted by Gasteiger charge is -2.38. The molecule has 5 N–H and O–H groups in total. The average molecular weight is 876 g/mol. The van der Waals surface area contributed by atoms with Crippen LogP contribution in [0.5, 0.6) is 0 Å². The molecule has 6 rings (SSSR count). The van der Waals surface area contributed by atoms with Crippen LogP contribution in [0, 0.1) is 28.6 Å². The molecule has 63 heavy (non-hydrogen) atoms. The summed E-state index contributed by atoms with van der Waals surface area (Å²) in [6.07, 6.45) is 7.10. The maximum Gasteiger partial charge on any atom is 0.252 e. The van der Waals surface area contributed by atoms with Gasteiger partial charge in [-0.25, -0.2) is 0 Å². The number of nitrogens with one attached hydrogen (secondary N) is 5. The van der Waals surface area contributed by atoms with Crippen LogP contribution in [0.3, 0.4) is 0 Å². The normalized spacial score (nSPS) is 24.7. The molecule has 2 aromatic carbocycles. The van der Waals surface area contributed by atoms with E-state index in [0.717, 1.165) is 56.0 Å². The van der Waals surface area contributed by atoms with Crippen molar-refractivity contribution in [3.8, 4) is 0 Å². The van der Waals surface area contributed by atoms with Gasteiger partial charge < -0.3 is 31.5 Å². The van der Waals surface area contributed by atoms with Gasteiger partial charge in [0.15, 0.2) is 0 Å². The highest BCUT2D eigenvalue weighted by Crippen LogP contribution is 2.41. The predicted octanol–water partition coefficient (Wildman–Crippen LogP) is 7.30. The number of amides is 5. The van der Waals surface area contributed by atoms with Crippen molar-refractivity contribution in [3.63, 3.8) is 0 Å². The molecule has 354 valence electrons. The molecule has 0 bridgehead atoms. The SMILES string of the molecule is C.CC.CC[C@@H](C)C(=O)N[C@H](CN1CC[C@H]2CC[C@H](NC(C)=O)[C@H]21)C(C)(C)C.CN[C@@H](C)C(=O)N[C@H](C(=O)N1CC[C@H]2CC[C@H](NC(=O)c3cccc4ccccc34)[C@H]21)C(C)(C)C. The number of carbonyl (C=O) groups is 5. The van der Waals surface area contributed by atoms with Crippen molar-refractivity contribution in [2.45, 2.75) is 178 Å². The van der Waals surface area contributed by atoms with Crippen LogP contribution in [0.2, 0.25) is 0 Å². The number of rotatable bonds is 12. The number of hydrogen-bond acceptors (Lipinski definition) is 7. The topological polar surface area (TPSA) is 152 Å². The Labute approximate surface area is 380 Å². The van der Waals surface area contributed by atoms with Crippen molar-refractivity contribution >= 4 is 40.3 Å². The number of fused-ring (bicyclic) bond motifs is 3. The van der Waals surface area contributed by atoms with Gasteiger partial charge in [0.25, 0.3) is 5.91 Å². The molecule has 4 fully saturated rings. The highest BCUT2D eigenvalue weighted by atomic mass is 16.2. The van der Waals surface area contributed by atoms with E-state index in [-0.39, 0.29) is 72.5 Å². The molecule has 2 aliphatic carbocycles. The van der Waals surface area contributed by atoms with E-state index in [2.05, 4.69) is 59.2 Å². The first-order chi connectivity index (χ1) is 29.2. The fraction of sp³-hybridized carbons (Fsp3) is 0.706. The van der Waals surface area contributed by atoms with Gasteiger partial charge in [0.1, 0.15) is 6.04 Å². The average Bonchev–Trinajstić information content (AvgIpc) is 4.03. The monoisotopic (exact) mass is 876 g/mol. The summed E-state index contributed by atoms with van der Waals surface area (Å²) < 4.78 is 0. The van der Waals surface area contributed by atoms with E-state index in [9.17, 15) is 24.0 Å². The largest absolute Gasteiger partial charge is 0.352 e. The van der Waals surface area contributed by atoms with Crippen molar-refractivity contribution in [2.75, 3.05) is 26.7 Å². The maximum atomic E-state index is 13.8. The van der Waals surface area contributed by atoms with Crippen molar-refractivity contribution in [1.29, 1.82) is 0 Å². The van der Waals surface area contributed by atoms with E-state index >= 15 is 0 Å². The van der Waals surface area contributed by atoms with Gasteiger partial charge in [0.05, 0.1) is 12.1 Å². The van der Waals surface area contributed by atoms with E-state index in [1.807, 2.05) is 88.9 Å². The summed E-state index contributed by atoms with van der Waals surface area (Å²) in [6, 6.07) is 13.3. The van der Waals surface area contributed by atoms with Gasteiger partial charge in [-0.15, -0.1) is 0 Å². The van der Waals surface area contributed by atoms with Crippen LogP contribution in [0.15, 0.2) is 42.5 Å². The first-order valence-electron chi connectivity index (χ1n) is 23.6. The van der Waals surface area contributed by atoms with Crippen LogP contribution in [0.25, 0.3) is 10.8 Å². The molecule has 0 aromatic heterocycles. The van der Waals surface area contributed by atoms with Gasteiger partial charge in [-0.2, -0.15) is 0 Å². The molecule has 0 unspecified atom stereocenters. The lowest BCUT2D eigenvalue weighted by molar-refractivity contribution is -0.141. The minimum atomic E-state index is -0.639. The Kier molecular flexibility index (Phi) is 19.7. The third-order valence-electron chi connectivity index (χ3n) is 13.9. The smallest absolute Gasteiger partial charge is 0.252 e. The van der Waals surface area contributed by atoms with Crippen LogP contribution in [-0.4, -0.2) is 108 Å². The van der Waals surface area contributed by atoms with Crippen LogP contribution in [0.1, 0.15) is 146 Å². The van der Waals surface area contributed by atoms with Gasteiger partial charge in [0.2, 0.25) is 23.6 Å². The zero-order valence-corrected chi connectivity index (χ0v) is 40.3. The molecule has 2 saturated heterocycles. The molecule has 5 amide bonds. The molecular formula is C51H85N7O5. The number of likely N-dealkylation sites (N-methyl/N-ethyl adjacent to an activating group) is 1. The zero-order valence-electron chi connectivity index (χ0n) is 40.3. The Morgan fingerprint density at radius 1 is 0.730 bits per heavy atom. The van der Waals surface area contributed by atoms with Gasteiger partial charge in [-0.1, -0.05) is 113 Å². The molecular weight excluding hydrogens is 791 g/mol. The predicted molar refractivity (Wildman–Crippen MR) is 257 cm³/mol. The van der Waals surface area contributed by atoms with E-state index in [1.165, 1.54) is 12.8 Å². The number of nitrogens with zero attached hydrogens (tertiary/aromatic N) is 2. The van der Waals surface area contributed by atoms with Gasteiger partial charge in [0, 0.05) is 55.7 Å². The van der Waals surface area contributed by atoms with E-state index in [4.69, 9.17) is 0 Å². The Bertz CT molecular complexity index is 1830. The third-order valence-corrected chi connectivity index (χ3v) is 13.9. The second-order valence-corrected chi connectivity index (χ2v) is 20.2. The van der Waals surface area contributed by atoms with E-state index in [1.54, 1.807) is 20.9 Å². The first kappa shape index (κ1) is 53.3. The quantitative estimate of drug-likeness (QED) is 0.150. The molecule has 2 saturated carbocycles. The standard InChI is InChI=1S/C28H38N4O3.C20H37N3O2.C2H6.CH4/c1-17(29-5)25(33)31-24(28(2,3)4)27(35)32-16-15-19-13-14-22(23(19)32)30-26(34)21-12-8-10-18-9-6-7-11-20(18)21;1-7-13(2)19(25)22-17(20(4,5)6)12-23-11-10-15-8-9-16(18(15)23)21-14(3)24;1-2;/h6-12,17,19,22-24,29H,13-16H2,1-5H3,(H,30,34)(H,31,33);13,15-18H,7-12H2,1-6H3,(H,21,24)(H,22,25);1-2H3;1H4/t17-,19+,22-,23-,24+;13-,15-,16+,17-,18+;;/m01../s1. The molecule has 10 atom stereocenters. The van der Waals surface area contributed by atoms with Gasteiger partial charge in [-0.05, 0) is 105 Å². The van der Waals surface area contributed by atoms with Crippen LogP contribution < -0.4 is 26.6 Å². The van der Waals surface area contributed by atoms with Gasteiger partial charge in [-0.3, -0.25) is 28.9 Å². The number of hydrogen-bond donors (Lipinski definition) is 5. The maximum absolute atomic E-state index is 13.8. The van der Waals surface area contributed by atoms with Crippen molar-refractivity contribution in [3.05, 3.63) is 48.0 Å². The third kappa shape index (κ3) is 13.3. The first-order valence-corrected chi connectivity index (χ1v) is 23.6. The summed E-state index contributed by atoms with van der Waals surface area (Å²) in [5, 5.41) is 17.6. The Balaban J connectivity index is 0.000000334. The fourth-order valence-electron chi connectivity index (χ4n) is 9.92. The zero-order chi connectivity index (χ0) is 46.1. The summed E-state index contributed by atoms with van der Waals surface area (Å²) >= 11 is 0. The minimum absolute atomic E-state index is 0. The summed E-state index contributed by atoms with van der Waals surface area (Å²) in [5.74, 6) is 0.965. The van der Waals surface area contributed by atoms with Crippen LogP contribution in [0.4, 0.5) is 0 Å². The van der Waals surface area contributed by atoms with Crippen molar-refractivity contribution in [2.24, 2.45) is 28.6 Å². The molecule has 0 spiro atoms. The Morgan fingerprint density at radius 2 is 1.32 bits per heavy atom. The number of likely N-dealkylation sites (tertiary alicyclic amines) is 2. The van der Waals surface area contributed by atoms with Crippen molar-refractivity contribution < 1.29 is 24.0 Å². The number of carbonyl (C=O) groups excluding carboxylic acids is 5. The molecule has 12 nitrogen and oxygen atoms in total. The van der Waals surface area contributed by atoms with Crippen LogP contribution in [-0.2, 0) is 19.2 Å². The van der Waals surface area contributed by atoms with E-state index < -0.39 is 17.5 Å². The van der Waals surface area contributed by atoms with Crippen LogP contribution >= 0.6 is 0 Å². The Hall–Kier alpha value is -4.03. The second-order valence-electron chi connectivity index (χ2n) is 20.2. The second kappa shape index (κ2) is 23.2. The lowest BCUT2D eigenvalue weighted by Crippen LogP contribution is -2.60. The fourth-order valence-corrected chi connectivity index (χ4v) is 9.92. The molecule has 0 radical (unpaired) electrons. The van der Waals surface area contributed by atoms with Gasteiger partial charge >= 0.3 is 0 Å². The van der Waals surface area contributed by atoms with Crippen molar-refractivity contribution in [1.82, 2.24) is 36.4 Å². The molecule has 2 aromatic rings. The highest BCUT2D eigenvalue weighted by molar-refractivity contribution is 6.07. The summed E-state index contributed by atoms with van der Waals surface area (Å²) in [4.78, 5) is 68.3. The van der Waals surface area contributed by atoms with E-state index in [0.29, 0.717) is 30.0 Å². The number of benzene rings is 2. The molecule has 2 heterocycles. The summed E-state index contributed by atoms with van der Waals surface area (Å²) in [6.45, 7) is 26.5. The molecule has 12 heteroatoms. The summed E-state index contributed by atoms with van der Waals surface area (Å²) in [7, 11) is 1.73. The summed E-state index contributed by atoms with van der Waals surface area (Å²) in [5.41, 5.74) is 0.213. The highest BCUT2D eigenvalue weighted by Gasteiger charge is 2.50. The lowest BCUT2D eigenvalue weighted by atomic mass is 9.85. The Morgan fingerprint density at radius 3 is 1.90 bits per heavy atom. The molecule has 2 aliphatic heterocycles. The minimum Gasteiger partial charge on any atom is -0.352 e. The molecule has 4 aliphatic rings.